The minimum atomic E-state index is -0.774. The van der Waals surface area contributed by atoms with Crippen molar-refractivity contribution >= 4 is 50.5 Å². The van der Waals surface area contributed by atoms with Crippen molar-refractivity contribution in [1.82, 2.24) is 5.32 Å². The average Bonchev–Trinajstić information content (AvgIpc) is 2.89. The summed E-state index contributed by atoms with van der Waals surface area (Å²) < 4.78 is 0.918. The summed E-state index contributed by atoms with van der Waals surface area (Å²) in [6.07, 6.45) is 0. The van der Waals surface area contributed by atoms with Crippen LogP contribution in [0, 0.1) is 13.8 Å². The SMILES string of the molecule is Cc1ccc(SC(=O)[C@@H](NC(=O)c2ccccc2)[C@H](Sc2ccc(C)cc2)c2cccc(Br)c2)cc1. The highest BCUT2D eigenvalue weighted by Crippen LogP contribution is 2.41. The molecule has 6 heteroatoms. The molecule has 0 saturated carbocycles. The second-order valence-electron chi connectivity index (χ2n) is 8.46. The number of halogens is 1. The van der Waals surface area contributed by atoms with E-state index < -0.39 is 6.04 Å². The number of hydrogen-bond acceptors (Lipinski definition) is 4. The smallest absolute Gasteiger partial charge is 0.251 e. The van der Waals surface area contributed by atoms with Gasteiger partial charge in [0, 0.05) is 19.8 Å². The van der Waals surface area contributed by atoms with Gasteiger partial charge in [0.25, 0.3) is 5.91 Å². The molecular formula is C30H26BrNO2S2. The Labute approximate surface area is 229 Å². The number of nitrogens with one attached hydrogen (secondary N) is 1. The molecule has 0 saturated heterocycles. The van der Waals surface area contributed by atoms with E-state index in [2.05, 4.69) is 45.5 Å². The number of benzene rings is 4. The maximum atomic E-state index is 13.8. The second-order valence-corrected chi connectivity index (χ2v) is 11.7. The van der Waals surface area contributed by atoms with Crippen LogP contribution in [0.15, 0.2) is 117 Å². The van der Waals surface area contributed by atoms with E-state index in [-0.39, 0.29) is 16.3 Å². The standard InChI is InChI=1S/C30H26BrNO2S2/c1-20-11-15-25(16-12-20)35-28(23-9-6-10-24(31)19-23)27(32-29(33)22-7-4-3-5-8-22)30(34)36-26-17-13-21(2)14-18-26/h3-19,27-28H,1-2H3,(H,32,33)/t27-,28+/m0/s1. The molecule has 36 heavy (non-hydrogen) atoms. The van der Waals surface area contributed by atoms with E-state index >= 15 is 0 Å². The number of rotatable bonds is 8. The van der Waals surface area contributed by atoms with Crippen molar-refractivity contribution in [1.29, 1.82) is 0 Å². The molecule has 3 nitrogen and oxygen atoms in total. The normalized spacial score (nSPS) is 12.5. The molecule has 0 spiro atoms. The molecule has 4 aromatic carbocycles. The Morgan fingerprint density at radius 2 is 1.36 bits per heavy atom. The largest absolute Gasteiger partial charge is 0.340 e. The zero-order chi connectivity index (χ0) is 25.5. The highest BCUT2D eigenvalue weighted by molar-refractivity contribution is 9.10. The Balaban J connectivity index is 1.73. The lowest BCUT2D eigenvalue weighted by Crippen LogP contribution is -2.43. The van der Waals surface area contributed by atoms with E-state index in [1.54, 1.807) is 23.9 Å². The van der Waals surface area contributed by atoms with Gasteiger partial charge < -0.3 is 5.32 Å². The molecule has 1 amide bonds. The Bertz CT molecular complexity index is 1330. The highest BCUT2D eigenvalue weighted by atomic mass is 79.9. The van der Waals surface area contributed by atoms with Crippen molar-refractivity contribution in [2.45, 2.75) is 34.9 Å². The fourth-order valence-corrected chi connectivity index (χ4v) is 6.16. The summed E-state index contributed by atoms with van der Waals surface area (Å²) >= 11 is 6.31. The molecule has 182 valence electrons. The number of hydrogen-bond donors (Lipinski definition) is 1. The van der Waals surface area contributed by atoms with Crippen molar-refractivity contribution < 1.29 is 9.59 Å². The lowest BCUT2D eigenvalue weighted by atomic mass is 10.1. The Hall–Kier alpha value is -2.80. The molecule has 4 rings (SSSR count). The monoisotopic (exact) mass is 575 g/mol. The topological polar surface area (TPSA) is 46.2 Å². The second kappa shape index (κ2) is 12.4. The summed E-state index contributed by atoms with van der Waals surface area (Å²) in [5.74, 6) is -0.275. The summed E-state index contributed by atoms with van der Waals surface area (Å²) in [7, 11) is 0. The quantitative estimate of drug-likeness (QED) is 0.216. The summed E-state index contributed by atoms with van der Waals surface area (Å²) in [5.41, 5.74) is 3.76. The highest BCUT2D eigenvalue weighted by Gasteiger charge is 2.33. The van der Waals surface area contributed by atoms with Gasteiger partial charge >= 0.3 is 0 Å². The molecule has 0 radical (unpaired) electrons. The maximum Gasteiger partial charge on any atom is 0.251 e. The first-order chi connectivity index (χ1) is 17.4. The number of thioether (sulfide) groups is 2. The van der Waals surface area contributed by atoms with Crippen molar-refractivity contribution in [2.24, 2.45) is 0 Å². The predicted octanol–water partition coefficient (Wildman–Crippen LogP) is 8.02. The zero-order valence-corrected chi connectivity index (χ0v) is 23.2. The van der Waals surface area contributed by atoms with Crippen molar-refractivity contribution in [3.63, 3.8) is 0 Å². The van der Waals surface area contributed by atoms with Crippen LogP contribution in [-0.2, 0) is 4.79 Å². The van der Waals surface area contributed by atoms with Crippen molar-refractivity contribution in [3.05, 3.63) is 130 Å². The summed E-state index contributed by atoms with van der Waals surface area (Å²) in [6, 6.07) is 32.2. The number of carbonyl (C=O) groups excluding carboxylic acids is 2. The first-order valence-electron chi connectivity index (χ1n) is 11.5. The van der Waals surface area contributed by atoms with E-state index in [9.17, 15) is 9.59 Å². The molecule has 0 aliphatic rings. The van der Waals surface area contributed by atoms with Gasteiger partial charge in [-0.3, -0.25) is 9.59 Å². The number of aryl methyl sites for hydroxylation is 2. The van der Waals surface area contributed by atoms with Crippen LogP contribution in [0.4, 0.5) is 0 Å². The molecule has 0 fully saturated rings. The Morgan fingerprint density at radius 3 is 1.97 bits per heavy atom. The first kappa shape index (κ1) is 26.3. The zero-order valence-electron chi connectivity index (χ0n) is 20.0. The van der Waals surface area contributed by atoms with Crippen LogP contribution in [0.2, 0.25) is 0 Å². The van der Waals surface area contributed by atoms with Crippen molar-refractivity contribution in [3.8, 4) is 0 Å². The van der Waals surface area contributed by atoms with Gasteiger partial charge in [-0.15, -0.1) is 11.8 Å². The summed E-state index contributed by atoms with van der Waals surface area (Å²) in [6.45, 7) is 4.06. The summed E-state index contributed by atoms with van der Waals surface area (Å²) in [4.78, 5) is 29.0. The van der Waals surface area contributed by atoms with Crippen LogP contribution in [0.25, 0.3) is 0 Å². The average molecular weight is 577 g/mol. The molecule has 0 bridgehead atoms. The van der Waals surface area contributed by atoms with E-state index in [4.69, 9.17) is 0 Å². The van der Waals surface area contributed by atoms with Gasteiger partial charge in [0.2, 0.25) is 5.12 Å². The minimum absolute atomic E-state index is 0.118. The van der Waals surface area contributed by atoms with Gasteiger partial charge in [-0.2, -0.15) is 0 Å². The fourth-order valence-electron chi connectivity index (χ4n) is 3.63. The summed E-state index contributed by atoms with van der Waals surface area (Å²) in [5, 5.41) is 2.61. The van der Waals surface area contributed by atoms with E-state index in [0.29, 0.717) is 5.56 Å². The van der Waals surface area contributed by atoms with Crippen LogP contribution in [0.5, 0.6) is 0 Å². The fraction of sp³-hybridized carbons (Fsp3) is 0.133. The van der Waals surface area contributed by atoms with Gasteiger partial charge in [0.15, 0.2) is 0 Å². The lowest BCUT2D eigenvalue weighted by molar-refractivity contribution is -0.112. The molecule has 0 heterocycles. The Kier molecular flexibility index (Phi) is 9.08. The molecule has 2 atom stereocenters. The van der Waals surface area contributed by atoms with Gasteiger partial charge in [-0.1, -0.05) is 81.7 Å². The third-order valence-electron chi connectivity index (χ3n) is 5.58. The van der Waals surface area contributed by atoms with E-state index in [1.165, 1.54) is 5.56 Å². The molecule has 0 aliphatic heterocycles. The predicted molar refractivity (Wildman–Crippen MR) is 154 cm³/mol. The van der Waals surface area contributed by atoms with Crippen LogP contribution in [-0.4, -0.2) is 17.1 Å². The molecule has 4 aromatic rings. The molecule has 0 unspecified atom stereocenters. The van der Waals surface area contributed by atoms with Gasteiger partial charge in [-0.05, 0) is 79.7 Å². The molecule has 0 aliphatic carbocycles. The molecular weight excluding hydrogens is 550 g/mol. The van der Waals surface area contributed by atoms with Crippen molar-refractivity contribution in [2.75, 3.05) is 0 Å². The number of carbonyl (C=O) groups is 2. The van der Waals surface area contributed by atoms with Gasteiger partial charge in [-0.25, -0.2) is 0 Å². The third-order valence-corrected chi connectivity index (χ3v) is 8.38. The lowest BCUT2D eigenvalue weighted by Gasteiger charge is -2.27. The Morgan fingerprint density at radius 1 is 0.750 bits per heavy atom. The molecule has 0 aromatic heterocycles. The first-order valence-corrected chi connectivity index (χ1v) is 14.0. The maximum absolute atomic E-state index is 13.8. The van der Waals surface area contributed by atoms with Gasteiger partial charge in [0.1, 0.15) is 6.04 Å². The van der Waals surface area contributed by atoms with E-state index in [0.717, 1.165) is 37.2 Å². The minimum Gasteiger partial charge on any atom is -0.340 e. The van der Waals surface area contributed by atoms with Gasteiger partial charge in [0.05, 0.1) is 5.25 Å². The van der Waals surface area contributed by atoms with Crippen LogP contribution >= 0.6 is 39.5 Å². The van der Waals surface area contributed by atoms with Crippen LogP contribution in [0.3, 0.4) is 0 Å². The third kappa shape index (κ3) is 7.12. The van der Waals surface area contributed by atoms with E-state index in [1.807, 2.05) is 80.6 Å². The van der Waals surface area contributed by atoms with Crippen LogP contribution < -0.4 is 5.32 Å². The molecule has 1 N–H and O–H groups in total. The van der Waals surface area contributed by atoms with Crippen LogP contribution in [0.1, 0.15) is 32.3 Å². The number of amides is 1.